The molecule has 3 rings (SSSR count). The molecule has 0 saturated heterocycles. The zero-order chi connectivity index (χ0) is 16.6. The lowest BCUT2D eigenvalue weighted by Crippen LogP contribution is -2.14. The number of aromatic nitrogens is 1. The zero-order valence-corrected chi connectivity index (χ0v) is 14.5. The van der Waals surface area contributed by atoms with Crippen LogP contribution in [0.1, 0.15) is 5.56 Å². The van der Waals surface area contributed by atoms with Crippen molar-refractivity contribution < 1.29 is 12.8 Å². The van der Waals surface area contributed by atoms with Crippen LogP contribution in [0.2, 0.25) is 0 Å². The SMILES string of the molecule is CN(C)CCc1c[nH]c2sc(S(=O)(=O)c3cccc(F)c3)cc12. The van der Waals surface area contributed by atoms with Gasteiger partial charge in [-0.3, -0.25) is 0 Å². The number of hydrogen-bond acceptors (Lipinski definition) is 4. The molecule has 4 nitrogen and oxygen atoms in total. The molecule has 2 aromatic heterocycles. The highest BCUT2D eigenvalue weighted by Gasteiger charge is 2.22. The summed E-state index contributed by atoms with van der Waals surface area (Å²) in [5.74, 6) is -0.556. The molecular formula is C16H17FN2O2S2. The normalized spacial score (nSPS) is 12.3. The Morgan fingerprint density at radius 2 is 2.04 bits per heavy atom. The van der Waals surface area contributed by atoms with Gasteiger partial charge in [0.25, 0.3) is 0 Å². The maximum atomic E-state index is 13.3. The number of likely N-dealkylation sites (N-methyl/N-ethyl adjacent to an activating group) is 1. The van der Waals surface area contributed by atoms with Gasteiger partial charge in [-0.2, -0.15) is 0 Å². The van der Waals surface area contributed by atoms with Gasteiger partial charge in [0.05, 0.1) is 4.90 Å². The largest absolute Gasteiger partial charge is 0.353 e. The number of thiophene rings is 1. The molecule has 0 radical (unpaired) electrons. The number of nitrogens with zero attached hydrogens (tertiary/aromatic N) is 1. The number of sulfone groups is 1. The third-order valence-corrected chi connectivity index (χ3v) is 6.92. The summed E-state index contributed by atoms with van der Waals surface area (Å²) in [6, 6.07) is 6.79. The van der Waals surface area contributed by atoms with Crippen molar-refractivity contribution in [2.75, 3.05) is 20.6 Å². The highest BCUT2D eigenvalue weighted by Crippen LogP contribution is 2.34. The van der Waals surface area contributed by atoms with E-state index >= 15 is 0 Å². The number of benzene rings is 1. The van der Waals surface area contributed by atoms with E-state index in [1.54, 1.807) is 6.07 Å². The molecule has 3 aromatic rings. The zero-order valence-electron chi connectivity index (χ0n) is 12.8. The van der Waals surface area contributed by atoms with Crippen molar-refractivity contribution in [2.24, 2.45) is 0 Å². The average Bonchev–Trinajstić information content (AvgIpc) is 3.06. The Morgan fingerprint density at radius 1 is 1.26 bits per heavy atom. The van der Waals surface area contributed by atoms with Crippen LogP contribution in [0, 0.1) is 5.82 Å². The summed E-state index contributed by atoms with van der Waals surface area (Å²) < 4.78 is 38.9. The van der Waals surface area contributed by atoms with E-state index in [2.05, 4.69) is 9.88 Å². The molecule has 0 unspecified atom stereocenters. The molecule has 122 valence electrons. The highest BCUT2D eigenvalue weighted by molar-refractivity contribution is 7.93. The molecule has 0 bridgehead atoms. The Kier molecular flexibility index (Phi) is 4.27. The molecule has 0 aliphatic rings. The third-order valence-electron chi connectivity index (χ3n) is 3.63. The van der Waals surface area contributed by atoms with Crippen molar-refractivity contribution in [3.05, 3.63) is 47.9 Å². The van der Waals surface area contributed by atoms with E-state index in [9.17, 15) is 12.8 Å². The van der Waals surface area contributed by atoms with Crippen molar-refractivity contribution in [3.8, 4) is 0 Å². The van der Waals surface area contributed by atoms with Gasteiger partial charge in [-0.25, -0.2) is 12.8 Å². The summed E-state index contributed by atoms with van der Waals surface area (Å²) in [5, 5.41) is 0.923. The van der Waals surface area contributed by atoms with Gasteiger partial charge in [0, 0.05) is 18.1 Å². The molecule has 0 aliphatic carbocycles. The fourth-order valence-electron chi connectivity index (χ4n) is 2.38. The van der Waals surface area contributed by atoms with Gasteiger partial charge in [-0.05, 0) is 50.3 Å². The molecule has 23 heavy (non-hydrogen) atoms. The first-order valence-electron chi connectivity index (χ1n) is 7.13. The second-order valence-corrected chi connectivity index (χ2v) is 8.86. The smallest absolute Gasteiger partial charge is 0.216 e. The van der Waals surface area contributed by atoms with E-state index in [1.807, 2.05) is 20.3 Å². The molecule has 0 fully saturated rings. The van der Waals surface area contributed by atoms with E-state index in [0.29, 0.717) is 0 Å². The van der Waals surface area contributed by atoms with E-state index in [0.717, 1.165) is 34.8 Å². The first-order chi connectivity index (χ1) is 10.9. The molecule has 0 spiro atoms. The van der Waals surface area contributed by atoms with Crippen LogP contribution in [0.4, 0.5) is 4.39 Å². The Bertz CT molecular complexity index is 942. The first kappa shape index (κ1) is 16.2. The summed E-state index contributed by atoms with van der Waals surface area (Å²) in [7, 11) is 0.301. The maximum Gasteiger partial charge on any atom is 0.216 e. The van der Waals surface area contributed by atoms with Gasteiger partial charge in [-0.1, -0.05) is 6.07 Å². The summed E-state index contributed by atoms with van der Waals surface area (Å²) in [4.78, 5) is 6.02. The Hall–Kier alpha value is -1.70. The van der Waals surface area contributed by atoms with Crippen molar-refractivity contribution in [1.29, 1.82) is 0 Å². The van der Waals surface area contributed by atoms with Crippen molar-refractivity contribution in [3.63, 3.8) is 0 Å². The van der Waals surface area contributed by atoms with E-state index < -0.39 is 15.7 Å². The monoisotopic (exact) mass is 352 g/mol. The lowest BCUT2D eigenvalue weighted by molar-refractivity contribution is 0.414. The molecular weight excluding hydrogens is 335 g/mol. The van der Waals surface area contributed by atoms with Crippen molar-refractivity contribution >= 4 is 31.4 Å². The van der Waals surface area contributed by atoms with Crippen LogP contribution in [0.5, 0.6) is 0 Å². The van der Waals surface area contributed by atoms with Gasteiger partial charge in [0.2, 0.25) is 9.84 Å². The lowest BCUT2D eigenvalue weighted by atomic mass is 10.2. The van der Waals surface area contributed by atoms with Gasteiger partial charge < -0.3 is 9.88 Å². The van der Waals surface area contributed by atoms with Crippen LogP contribution in [0.25, 0.3) is 10.2 Å². The van der Waals surface area contributed by atoms with Crippen molar-refractivity contribution in [1.82, 2.24) is 9.88 Å². The maximum absolute atomic E-state index is 13.3. The fraction of sp³-hybridized carbons (Fsp3) is 0.250. The van der Waals surface area contributed by atoms with Crippen LogP contribution >= 0.6 is 11.3 Å². The van der Waals surface area contributed by atoms with Crippen molar-refractivity contribution in [2.45, 2.75) is 15.5 Å². The van der Waals surface area contributed by atoms with Gasteiger partial charge in [0.1, 0.15) is 14.9 Å². The van der Waals surface area contributed by atoms with Crippen LogP contribution in [0.15, 0.2) is 45.6 Å². The molecule has 7 heteroatoms. The summed E-state index contributed by atoms with van der Waals surface area (Å²) >= 11 is 1.18. The van der Waals surface area contributed by atoms with Crippen LogP contribution in [-0.2, 0) is 16.3 Å². The lowest BCUT2D eigenvalue weighted by Gasteiger charge is -2.07. The predicted octanol–water partition coefficient (Wildman–Crippen LogP) is 3.31. The van der Waals surface area contributed by atoms with Gasteiger partial charge in [0.15, 0.2) is 0 Å². The van der Waals surface area contributed by atoms with Crippen LogP contribution < -0.4 is 0 Å². The highest BCUT2D eigenvalue weighted by atomic mass is 32.2. The number of halogens is 1. The topological polar surface area (TPSA) is 53.2 Å². The summed E-state index contributed by atoms with van der Waals surface area (Å²) in [6.07, 6.45) is 2.76. The minimum absolute atomic E-state index is 0.0174. The second kappa shape index (κ2) is 6.07. The number of rotatable bonds is 5. The Labute approximate surface area is 138 Å². The number of fused-ring (bicyclic) bond motifs is 1. The second-order valence-electron chi connectivity index (χ2n) is 5.64. The van der Waals surface area contributed by atoms with Crippen LogP contribution in [0.3, 0.4) is 0 Å². The minimum Gasteiger partial charge on any atom is -0.353 e. The van der Waals surface area contributed by atoms with Gasteiger partial charge >= 0.3 is 0 Å². The molecule has 0 amide bonds. The molecule has 0 aliphatic heterocycles. The Morgan fingerprint density at radius 3 is 2.74 bits per heavy atom. The number of aromatic amines is 1. The first-order valence-corrected chi connectivity index (χ1v) is 9.43. The summed E-state index contributed by atoms with van der Waals surface area (Å²) in [5.41, 5.74) is 1.09. The fourth-order valence-corrected chi connectivity index (χ4v) is 5.18. The number of hydrogen-bond donors (Lipinski definition) is 1. The third kappa shape index (κ3) is 3.17. The van der Waals surface area contributed by atoms with E-state index in [1.165, 1.54) is 29.5 Å². The van der Waals surface area contributed by atoms with E-state index in [-0.39, 0.29) is 9.10 Å². The minimum atomic E-state index is -3.69. The summed E-state index contributed by atoms with van der Waals surface area (Å²) in [6.45, 7) is 0.884. The molecule has 1 aromatic carbocycles. The average molecular weight is 352 g/mol. The predicted molar refractivity (Wildman–Crippen MR) is 90.3 cm³/mol. The van der Waals surface area contributed by atoms with Crippen LogP contribution in [-0.4, -0.2) is 38.9 Å². The van der Waals surface area contributed by atoms with Gasteiger partial charge in [-0.15, -0.1) is 11.3 Å². The Balaban J connectivity index is 2.00. The molecule has 0 saturated carbocycles. The quantitative estimate of drug-likeness (QED) is 0.766. The standard InChI is InChI=1S/C16H17FN2O2S2/c1-19(2)7-6-11-10-18-16-14(11)9-15(22-16)23(20,21)13-5-3-4-12(17)8-13/h3-5,8-10,18H,6-7H2,1-2H3. The molecule has 2 heterocycles. The van der Waals surface area contributed by atoms with E-state index in [4.69, 9.17) is 0 Å². The molecule has 1 N–H and O–H groups in total. The molecule has 0 atom stereocenters. The number of nitrogens with one attached hydrogen (secondary N) is 1. The number of H-pyrrole nitrogens is 1.